The largest absolute Gasteiger partial charge is 0.305 e. The van der Waals surface area contributed by atoms with Crippen molar-refractivity contribution in [2.75, 3.05) is 33.2 Å². The second-order valence-electron chi connectivity index (χ2n) is 6.89. The average molecular weight is 343 g/mol. The van der Waals surface area contributed by atoms with Gasteiger partial charge in [0.1, 0.15) is 5.82 Å². The van der Waals surface area contributed by atoms with Crippen LogP contribution in [0.3, 0.4) is 0 Å². The first-order valence-electron chi connectivity index (χ1n) is 9.43. The van der Waals surface area contributed by atoms with Crippen LogP contribution in [0.15, 0.2) is 23.1 Å². The number of hydrogen-bond donors (Lipinski definition) is 0. The molecule has 1 aliphatic heterocycles. The molecule has 1 atom stereocenters. The first-order valence-corrected chi connectivity index (χ1v) is 9.43. The molecule has 25 heavy (non-hydrogen) atoms. The molecule has 2 aromatic heterocycles. The summed E-state index contributed by atoms with van der Waals surface area (Å²) in [5.74, 6) is 0.902. The van der Waals surface area contributed by atoms with Crippen molar-refractivity contribution < 1.29 is 0 Å². The van der Waals surface area contributed by atoms with E-state index in [-0.39, 0.29) is 11.6 Å². The van der Waals surface area contributed by atoms with Crippen LogP contribution in [0.4, 0.5) is 0 Å². The van der Waals surface area contributed by atoms with E-state index in [4.69, 9.17) is 4.98 Å². The van der Waals surface area contributed by atoms with E-state index < -0.39 is 0 Å². The first-order chi connectivity index (χ1) is 12.2. The van der Waals surface area contributed by atoms with Crippen molar-refractivity contribution in [1.29, 1.82) is 0 Å². The lowest BCUT2D eigenvalue weighted by molar-refractivity contribution is 0.180. The Balaban J connectivity index is 2.07. The molecule has 136 valence electrons. The third kappa shape index (κ3) is 3.75. The summed E-state index contributed by atoms with van der Waals surface area (Å²) in [7, 11) is 2.18. The molecule has 1 aliphatic rings. The third-order valence-corrected chi connectivity index (χ3v) is 5.12. The van der Waals surface area contributed by atoms with Crippen LogP contribution in [-0.4, -0.2) is 57.6 Å². The predicted octanol–water partition coefficient (Wildman–Crippen LogP) is 2.29. The lowest BCUT2D eigenvalue weighted by atomic mass is 10.1. The van der Waals surface area contributed by atoms with Crippen molar-refractivity contribution in [3.63, 3.8) is 0 Å². The van der Waals surface area contributed by atoms with Crippen LogP contribution >= 0.6 is 0 Å². The highest BCUT2D eigenvalue weighted by Gasteiger charge is 2.26. The fraction of sp³-hybridized carbons (Fsp3) is 0.632. The highest BCUT2D eigenvalue weighted by Crippen LogP contribution is 2.26. The van der Waals surface area contributed by atoms with E-state index in [1.165, 1.54) is 0 Å². The number of aromatic nitrogens is 3. The molecule has 6 heteroatoms. The van der Waals surface area contributed by atoms with Crippen molar-refractivity contribution >= 4 is 11.0 Å². The molecular formula is C19H29N5O. The van der Waals surface area contributed by atoms with Gasteiger partial charge in [0.2, 0.25) is 0 Å². The highest BCUT2D eigenvalue weighted by atomic mass is 16.1. The third-order valence-electron chi connectivity index (χ3n) is 5.12. The number of nitrogens with zero attached hydrogens (tertiary/aromatic N) is 5. The van der Waals surface area contributed by atoms with Gasteiger partial charge in [0.25, 0.3) is 5.56 Å². The van der Waals surface area contributed by atoms with Gasteiger partial charge >= 0.3 is 0 Å². The topological polar surface area (TPSA) is 54.3 Å². The van der Waals surface area contributed by atoms with Crippen LogP contribution in [0.5, 0.6) is 0 Å². The van der Waals surface area contributed by atoms with E-state index in [9.17, 15) is 4.79 Å². The molecule has 0 spiro atoms. The molecule has 1 unspecified atom stereocenters. The molecule has 0 amide bonds. The summed E-state index contributed by atoms with van der Waals surface area (Å²) in [6, 6.07) is 3.94. The Kier molecular flexibility index (Phi) is 5.81. The monoisotopic (exact) mass is 343 g/mol. The molecule has 6 nitrogen and oxygen atoms in total. The molecule has 1 fully saturated rings. The Hall–Kier alpha value is -1.79. The Labute approximate surface area is 149 Å². The maximum Gasteiger partial charge on any atom is 0.280 e. The quantitative estimate of drug-likeness (QED) is 0.834. The van der Waals surface area contributed by atoms with E-state index in [2.05, 4.69) is 28.8 Å². The maximum absolute atomic E-state index is 12.9. The zero-order chi connectivity index (χ0) is 17.8. The summed E-state index contributed by atoms with van der Waals surface area (Å²) in [5, 5.41) is 0. The van der Waals surface area contributed by atoms with Crippen LogP contribution in [-0.2, 0) is 6.54 Å². The lowest BCUT2D eigenvalue weighted by Gasteiger charge is -2.31. The Morgan fingerprint density at radius 3 is 2.80 bits per heavy atom. The molecule has 0 bridgehead atoms. The number of fused-ring (bicyclic) bond motifs is 1. The Bertz CT molecular complexity index is 772. The van der Waals surface area contributed by atoms with E-state index in [0.717, 1.165) is 51.3 Å². The normalized spacial score (nSPS) is 18.4. The van der Waals surface area contributed by atoms with E-state index in [0.29, 0.717) is 17.6 Å². The van der Waals surface area contributed by atoms with Crippen LogP contribution in [0.25, 0.3) is 11.0 Å². The molecule has 0 aromatic carbocycles. The highest BCUT2D eigenvalue weighted by molar-refractivity contribution is 5.72. The van der Waals surface area contributed by atoms with Crippen LogP contribution in [0, 0.1) is 0 Å². The number of pyridine rings is 1. The standard InChI is InChI=1S/C19H29N5O/c1-4-8-16(23-12-7-11-22(3)13-14-23)18-21-15-9-6-10-20-17(15)19(25)24(18)5-2/h6,9-10,16H,4-5,7-8,11-14H2,1-3H3. The minimum atomic E-state index is -0.0175. The molecule has 3 rings (SSSR count). The van der Waals surface area contributed by atoms with Gasteiger partial charge in [-0.15, -0.1) is 0 Å². The summed E-state index contributed by atoms with van der Waals surface area (Å²) < 4.78 is 1.82. The van der Waals surface area contributed by atoms with Gasteiger partial charge in [-0.05, 0) is 45.5 Å². The van der Waals surface area contributed by atoms with E-state index >= 15 is 0 Å². The molecule has 1 saturated heterocycles. The van der Waals surface area contributed by atoms with Crippen molar-refractivity contribution in [2.24, 2.45) is 0 Å². The molecule has 0 N–H and O–H groups in total. The summed E-state index contributed by atoms with van der Waals surface area (Å²) >= 11 is 0. The van der Waals surface area contributed by atoms with Crippen LogP contribution in [0.2, 0.25) is 0 Å². The Morgan fingerprint density at radius 2 is 2.04 bits per heavy atom. The zero-order valence-corrected chi connectivity index (χ0v) is 15.6. The molecule has 0 aliphatic carbocycles. The van der Waals surface area contributed by atoms with Gasteiger partial charge < -0.3 is 4.90 Å². The van der Waals surface area contributed by atoms with Gasteiger partial charge in [0.15, 0.2) is 5.52 Å². The van der Waals surface area contributed by atoms with Crippen molar-refractivity contribution in [1.82, 2.24) is 24.3 Å². The minimum Gasteiger partial charge on any atom is -0.305 e. The number of hydrogen-bond acceptors (Lipinski definition) is 5. The smallest absolute Gasteiger partial charge is 0.280 e. The fourth-order valence-electron chi connectivity index (χ4n) is 3.75. The summed E-state index contributed by atoms with van der Waals surface area (Å²) in [4.78, 5) is 27.0. The van der Waals surface area contributed by atoms with E-state index in [1.54, 1.807) is 6.20 Å². The van der Waals surface area contributed by atoms with Crippen molar-refractivity contribution in [3.8, 4) is 0 Å². The van der Waals surface area contributed by atoms with Crippen LogP contribution < -0.4 is 5.56 Å². The fourth-order valence-corrected chi connectivity index (χ4v) is 3.75. The second kappa shape index (κ2) is 8.06. The molecule has 0 saturated carbocycles. The Morgan fingerprint density at radius 1 is 1.20 bits per heavy atom. The maximum atomic E-state index is 12.9. The molecule has 0 radical (unpaired) electrons. The zero-order valence-electron chi connectivity index (χ0n) is 15.6. The van der Waals surface area contributed by atoms with Gasteiger partial charge in [-0.2, -0.15) is 0 Å². The number of rotatable bonds is 5. The number of likely N-dealkylation sites (N-methyl/N-ethyl adjacent to an activating group) is 1. The molecule has 2 aromatic rings. The van der Waals surface area contributed by atoms with Gasteiger partial charge in [-0.25, -0.2) is 9.97 Å². The summed E-state index contributed by atoms with van der Waals surface area (Å²) in [6.45, 7) is 9.11. The van der Waals surface area contributed by atoms with Crippen LogP contribution in [0.1, 0.15) is 45.0 Å². The van der Waals surface area contributed by atoms with Gasteiger partial charge in [-0.1, -0.05) is 13.3 Å². The van der Waals surface area contributed by atoms with E-state index in [1.807, 2.05) is 23.6 Å². The van der Waals surface area contributed by atoms with Gasteiger partial charge in [0.05, 0.1) is 11.6 Å². The SMILES string of the molecule is CCCC(c1nc2cccnc2c(=O)n1CC)N1CCCN(C)CC1. The first kappa shape index (κ1) is 18.0. The lowest BCUT2D eigenvalue weighted by Crippen LogP contribution is -2.37. The predicted molar refractivity (Wildman–Crippen MR) is 101 cm³/mol. The molecule has 3 heterocycles. The minimum absolute atomic E-state index is 0.0175. The van der Waals surface area contributed by atoms with Gasteiger partial charge in [-0.3, -0.25) is 14.3 Å². The van der Waals surface area contributed by atoms with Crippen molar-refractivity contribution in [2.45, 2.75) is 45.7 Å². The summed E-state index contributed by atoms with van der Waals surface area (Å²) in [5.41, 5.74) is 1.16. The van der Waals surface area contributed by atoms with Gasteiger partial charge in [0, 0.05) is 32.4 Å². The average Bonchev–Trinajstić information content (AvgIpc) is 2.84. The second-order valence-corrected chi connectivity index (χ2v) is 6.89. The molecular weight excluding hydrogens is 314 g/mol. The summed E-state index contributed by atoms with van der Waals surface area (Å²) in [6.07, 6.45) is 4.91. The van der Waals surface area contributed by atoms with Crippen molar-refractivity contribution in [3.05, 3.63) is 34.5 Å².